The number of rotatable bonds is 3. The van der Waals surface area contributed by atoms with Gasteiger partial charge in [0.25, 0.3) is 5.56 Å². The molecule has 0 radical (unpaired) electrons. The van der Waals surface area contributed by atoms with E-state index in [-0.39, 0.29) is 5.56 Å². The van der Waals surface area contributed by atoms with Crippen LogP contribution in [0.15, 0.2) is 53.7 Å². The monoisotopic (exact) mass is 343 g/mol. The van der Waals surface area contributed by atoms with Gasteiger partial charge in [-0.25, -0.2) is 4.98 Å². The molecule has 0 aliphatic heterocycles. The first-order valence-electron chi connectivity index (χ1n) is 8.67. The van der Waals surface area contributed by atoms with Crippen LogP contribution in [0.2, 0.25) is 0 Å². The zero-order valence-electron chi connectivity index (χ0n) is 14.3. The number of nitrogens with one attached hydrogen (secondary N) is 1. The van der Waals surface area contributed by atoms with Gasteiger partial charge in [0.05, 0.1) is 34.8 Å². The van der Waals surface area contributed by atoms with Gasteiger partial charge in [-0.05, 0) is 42.7 Å². The normalized spacial score (nSPS) is 14.0. The molecule has 1 aliphatic rings. The number of benzene rings is 1. The van der Waals surface area contributed by atoms with Gasteiger partial charge in [-0.2, -0.15) is 5.10 Å². The molecule has 0 atom stereocenters. The Balaban J connectivity index is 1.65. The van der Waals surface area contributed by atoms with Crippen LogP contribution >= 0.6 is 0 Å². The Labute approximate surface area is 149 Å². The van der Waals surface area contributed by atoms with Crippen LogP contribution in [0.4, 0.5) is 0 Å². The fourth-order valence-electron chi connectivity index (χ4n) is 3.28. The van der Waals surface area contributed by atoms with Crippen LogP contribution in [0, 0.1) is 0 Å². The van der Waals surface area contributed by atoms with Crippen molar-refractivity contribution in [1.82, 2.24) is 24.7 Å². The van der Waals surface area contributed by atoms with E-state index in [2.05, 4.69) is 21.2 Å². The molecule has 0 bridgehead atoms. The second-order valence-corrected chi connectivity index (χ2v) is 6.77. The van der Waals surface area contributed by atoms with E-state index in [4.69, 9.17) is 4.98 Å². The third kappa shape index (κ3) is 2.42. The fraction of sp³-hybridized carbons (Fsp3) is 0.200. The van der Waals surface area contributed by atoms with Crippen LogP contribution in [-0.2, 0) is 7.05 Å². The minimum Gasteiger partial charge on any atom is -0.302 e. The second-order valence-electron chi connectivity index (χ2n) is 6.77. The summed E-state index contributed by atoms with van der Waals surface area (Å²) in [7, 11) is 1.71. The number of fused-ring (bicyclic) bond motifs is 1. The van der Waals surface area contributed by atoms with Crippen molar-refractivity contribution in [3.8, 4) is 22.5 Å². The number of hydrogen-bond acceptors (Lipinski definition) is 4. The molecule has 0 amide bonds. The summed E-state index contributed by atoms with van der Waals surface area (Å²) in [4.78, 5) is 21.5. The van der Waals surface area contributed by atoms with E-state index in [1.54, 1.807) is 19.6 Å². The van der Waals surface area contributed by atoms with E-state index in [0.29, 0.717) is 16.8 Å². The number of hydrogen-bond donors (Lipinski definition) is 1. The van der Waals surface area contributed by atoms with Crippen molar-refractivity contribution in [3.05, 3.63) is 65.0 Å². The minimum absolute atomic E-state index is 0.0595. The minimum atomic E-state index is -0.0595. The lowest BCUT2D eigenvalue weighted by molar-refractivity contribution is 0.843. The molecule has 0 spiro atoms. The molecule has 1 saturated carbocycles. The second kappa shape index (κ2) is 5.62. The average Bonchev–Trinajstić information content (AvgIpc) is 3.41. The van der Waals surface area contributed by atoms with Crippen molar-refractivity contribution in [2.45, 2.75) is 18.8 Å². The third-order valence-electron chi connectivity index (χ3n) is 4.89. The molecule has 1 fully saturated rings. The smallest absolute Gasteiger partial charge is 0.260 e. The molecule has 26 heavy (non-hydrogen) atoms. The number of aromatic nitrogens is 5. The molecule has 3 heterocycles. The molecule has 5 rings (SSSR count). The summed E-state index contributed by atoms with van der Waals surface area (Å²) in [6.07, 6.45) is 5.75. The molecule has 1 aromatic carbocycles. The molecule has 6 heteroatoms. The summed E-state index contributed by atoms with van der Waals surface area (Å²) in [6, 6.07) is 11.8. The highest BCUT2D eigenvalue weighted by molar-refractivity contribution is 5.87. The number of nitrogens with zero attached hydrogens (tertiary/aromatic N) is 4. The summed E-state index contributed by atoms with van der Waals surface area (Å²) in [5, 5.41) is 7.89. The van der Waals surface area contributed by atoms with Crippen LogP contribution in [0.5, 0.6) is 0 Å². The molecule has 0 unspecified atom stereocenters. The zero-order valence-corrected chi connectivity index (χ0v) is 14.3. The average molecular weight is 343 g/mol. The lowest BCUT2D eigenvalue weighted by Crippen LogP contribution is -2.16. The van der Waals surface area contributed by atoms with Gasteiger partial charge >= 0.3 is 0 Å². The Bertz CT molecular complexity index is 1190. The first-order chi connectivity index (χ1) is 12.7. The van der Waals surface area contributed by atoms with E-state index in [0.717, 1.165) is 28.2 Å². The standard InChI is InChI=1S/C20H17N5O/c1-25-11-21-17-8-7-13(9-14(17)20(25)26)15-10-22-24-19(15)18-4-2-3-16(23-18)12-5-6-12/h2-4,7-12H,5-6H2,1H3,(H,22,24). The molecule has 6 nitrogen and oxygen atoms in total. The first kappa shape index (κ1) is 15.0. The van der Waals surface area contributed by atoms with Crippen LogP contribution < -0.4 is 5.56 Å². The molecular formula is C20H17N5O. The van der Waals surface area contributed by atoms with Gasteiger partial charge in [0.2, 0.25) is 0 Å². The summed E-state index contributed by atoms with van der Waals surface area (Å²) in [6.45, 7) is 0. The van der Waals surface area contributed by atoms with Gasteiger partial charge in [-0.3, -0.25) is 14.9 Å². The fourth-order valence-corrected chi connectivity index (χ4v) is 3.28. The van der Waals surface area contributed by atoms with Gasteiger partial charge < -0.3 is 4.57 Å². The lowest BCUT2D eigenvalue weighted by atomic mass is 10.0. The summed E-state index contributed by atoms with van der Waals surface area (Å²) in [5.41, 5.74) is 5.36. The topological polar surface area (TPSA) is 76.5 Å². The Morgan fingerprint density at radius 1 is 1.19 bits per heavy atom. The van der Waals surface area contributed by atoms with E-state index >= 15 is 0 Å². The van der Waals surface area contributed by atoms with E-state index in [9.17, 15) is 4.79 Å². The highest BCUT2D eigenvalue weighted by Gasteiger charge is 2.25. The molecule has 128 valence electrons. The number of pyridine rings is 1. The predicted octanol–water partition coefficient (Wildman–Crippen LogP) is 3.26. The Morgan fingerprint density at radius 3 is 2.92 bits per heavy atom. The van der Waals surface area contributed by atoms with Crippen LogP contribution in [0.1, 0.15) is 24.5 Å². The molecule has 1 aliphatic carbocycles. The van der Waals surface area contributed by atoms with Crippen molar-refractivity contribution < 1.29 is 0 Å². The Kier molecular flexibility index (Phi) is 3.25. The maximum Gasteiger partial charge on any atom is 0.260 e. The quantitative estimate of drug-likeness (QED) is 0.619. The van der Waals surface area contributed by atoms with Crippen molar-refractivity contribution in [2.75, 3.05) is 0 Å². The van der Waals surface area contributed by atoms with Gasteiger partial charge in [0, 0.05) is 24.2 Å². The lowest BCUT2D eigenvalue weighted by Gasteiger charge is -2.07. The van der Waals surface area contributed by atoms with E-state index < -0.39 is 0 Å². The van der Waals surface area contributed by atoms with E-state index in [1.165, 1.54) is 17.4 Å². The number of aryl methyl sites for hydroxylation is 1. The molecule has 1 N–H and O–H groups in total. The summed E-state index contributed by atoms with van der Waals surface area (Å²) < 4.78 is 1.49. The van der Waals surface area contributed by atoms with Crippen molar-refractivity contribution in [3.63, 3.8) is 0 Å². The Morgan fingerprint density at radius 2 is 2.08 bits per heavy atom. The van der Waals surface area contributed by atoms with Gasteiger partial charge in [-0.1, -0.05) is 12.1 Å². The molecule has 3 aromatic heterocycles. The largest absolute Gasteiger partial charge is 0.302 e. The van der Waals surface area contributed by atoms with Crippen molar-refractivity contribution in [2.24, 2.45) is 7.05 Å². The highest BCUT2D eigenvalue weighted by atomic mass is 16.1. The van der Waals surface area contributed by atoms with Crippen LogP contribution in [0.25, 0.3) is 33.4 Å². The molecular weight excluding hydrogens is 326 g/mol. The van der Waals surface area contributed by atoms with Gasteiger partial charge in [-0.15, -0.1) is 0 Å². The van der Waals surface area contributed by atoms with Crippen molar-refractivity contribution in [1.29, 1.82) is 0 Å². The molecule has 0 saturated heterocycles. The van der Waals surface area contributed by atoms with Crippen LogP contribution in [0.3, 0.4) is 0 Å². The predicted molar refractivity (Wildman–Crippen MR) is 99.8 cm³/mol. The van der Waals surface area contributed by atoms with Crippen molar-refractivity contribution >= 4 is 10.9 Å². The summed E-state index contributed by atoms with van der Waals surface area (Å²) in [5.74, 6) is 0.594. The molecule has 4 aromatic rings. The summed E-state index contributed by atoms with van der Waals surface area (Å²) >= 11 is 0. The first-order valence-corrected chi connectivity index (χ1v) is 8.67. The maximum absolute atomic E-state index is 12.4. The third-order valence-corrected chi connectivity index (χ3v) is 4.89. The Hall–Kier alpha value is -3.28. The zero-order chi connectivity index (χ0) is 17.7. The highest BCUT2D eigenvalue weighted by Crippen LogP contribution is 2.40. The number of H-pyrrole nitrogens is 1. The van der Waals surface area contributed by atoms with Crippen LogP contribution in [-0.4, -0.2) is 24.7 Å². The van der Waals surface area contributed by atoms with Gasteiger partial charge in [0.1, 0.15) is 0 Å². The number of aromatic amines is 1. The maximum atomic E-state index is 12.4. The van der Waals surface area contributed by atoms with E-state index in [1.807, 2.05) is 30.3 Å². The SMILES string of the molecule is Cn1cnc2ccc(-c3cn[nH]c3-c3cccc(C4CC4)n3)cc2c1=O. The van der Waals surface area contributed by atoms with Gasteiger partial charge in [0.15, 0.2) is 0 Å².